The van der Waals surface area contributed by atoms with Gasteiger partial charge in [0.05, 0.1) is 12.7 Å². The van der Waals surface area contributed by atoms with Crippen LogP contribution in [0.3, 0.4) is 0 Å². The molecule has 1 aliphatic carbocycles. The van der Waals surface area contributed by atoms with Crippen molar-refractivity contribution in [1.29, 1.82) is 0 Å². The van der Waals surface area contributed by atoms with Crippen molar-refractivity contribution in [3.63, 3.8) is 0 Å². The lowest BCUT2D eigenvalue weighted by molar-refractivity contribution is -0.790. The predicted octanol–water partition coefficient (Wildman–Crippen LogP) is 1.42. The lowest BCUT2D eigenvalue weighted by Crippen LogP contribution is -2.31. The molecule has 0 radical (unpaired) electrons. The minimum Gasteiger partial charge on any atom is -0.496 e. The van der Waals surface area contributed by atoms with E-state index in [1.807, 2.05) is 0 Å². The fourth-order valence-electron chi connectivity index (χ4n) is 2.40. The van der Waals surface area contributed by atoms with Crippen molar-refractivity contribution in [3.05, 3.63) is 73.5 Å². The van der Waals surface area contributed by atoms with Crippen molar-refractivity contribution in [2.45, 2.75) is 18.9 Å². The molecule has 0 saturated heterocycles. The van der Waals surface area contributed by atoms with Gasteiger partial charge in [-0.25, -0.2) is 4.79 Å². The van der Waals surface area contributed by atoms with Crippen molar-refractivity contribution >= 4 is 29.6 Å². The molecule has 15 heteroatoms. The summed E-state index contributed by atoms with van der Waals surface area (Å²) in [6, 6.07) is 6.65. The van der Waals surface area contributed by atoms with Gasteiger partial charge in [0.15, 0.2) is 6.10 Å². The van der Waals surface area contributed by atoms with E-state index in [1.54, 1.807) is 36.4 Å². The van der Waals surface area contributed by atoms with E-state index in [9.17, 15) is 29.8 Å². The molecule has 0 saturated carbocycles. The molecule has 1 aromatic rings. The van der Waals surface area contributed by atoms with Crippen molar-refractivity contribution in [2.24, 2.45) is 5.73 Å². The van der Waals surface area contributed by atoms with Crippen LogP contribution in [0.25, 0.3) is 0 Å². The Balaban J connectivity index is 0.000000404. The van der Waals surface area contributed by atoms with Gasteiger partial charge in [0, 0.05) is 5.56 Å². The molecule has 0 bridgehead atoms. The molecule has 1 aliphatic rings. The molecule has 14 nitrogen and oxygen atoms in total. The Morgan fingerprint density at radius 3 is 2.32 bits per heavy atom. The van der Waals surface area contributed by atoms with E-state index in [4.69, 9.17) is 27.4 Å². The first kappa shape index (κ1) is 27.8. The highest BCUT2D eigenvalue weighted by atomic mass is 32.1. The first-order chi connectivity index (χ1) is 16.2. The summed E-state index contributed by atoms with van der Waals surface area (Å²) >= 11 is 4.74. The highest BCUT2D eigenvalue weighted by Crippen LogP contribution is 2.20. The Morgan fingerprint density at radius 2 is 1.79 bits per heavy atom. The monoisotopic (exact) mass is 499 g/mol. The third-order valence-electron chi connectivity index (χ3n) is 3.87. The molecule has 0 amide bonds. The van der Waals surface area contributed by atoms with Gasteiger partial charge in [0.25, 0.3) is 16.6 Å². The minimum absolute atomic E-state index is 0.184. The molecule has 2 rings (SSSR count). The smallest absolute Gasteiger partial charge is 0.341 e. The summed E-state index contributed by atoms with van der Waals surface area (Å²) < 4.78 is 14.4. The number of esters is 1. The van der Waals surface area contributed by atoms with Gasteiger partial charge in [-0.05, 0) is 43.2 Å². The Labute approximate surface area is 198 Å². The largest absolute Gasteiger partial charge is 0.496 e. The number of allylic oxidation sites excluding steroid dienone is 2. The fraction of sp³-hybridized carbons (Fsp3) is 0.316. The second-order valence-electron chi connectivity index (χ2n) is 6.14. The standard InChI is InChI=1S/C11H14N2O9.C8H7NO2S/c1-19-10-5-3-2-4-9(10)11(14)20-6-8(22-13(17)18)7-21-12(15)16;9-8(12)6-1-3-7(4-2-6)11-5-10/h4-5,8H,2-3,6-7H2,1H3;1-5H,(H2,9,12). The predicted molar refractivity (Wildman–Crippen MR) is 117 cm³/mol. The molecular formula is C19H21N3O11S. The molecular weight excluding hydrogens is 478 g/mol. The molecule has 1 unspecified atom stereocenters. The molecule has 0 fully saturated rings. The number of rotatable bonds is 12. The van der Waals surface area contributed by atoms with E-state index in [0.29, 0.717) is 35.8 Å². The van der Waals surface area contributed by atoms with E-state index in [0.717, 1.165) is 5.56 Å². The SMILES string of the molecule is COC1=CCCC=C1C(=O)OCC(CO[N+](=O)[O-])O[N+](=O)[O-].NC(=S)c1ccc(OC=O)cc1. The highest BCUT2D eigenvalue weighted by Gasteiger charge is 2.23. The van der Waals surface area contributed by atoms with Gasteiger partial charge in [-0.2, -0.15) is 0 Å². The summed E-state index contributed by atoms with van der Waals surface area (Å²) in [6.45, 7) is -0.953. The Morgan fingerprint density at radius 1 is 1.15 bits per heavy atom. The van der Waals surface area contributed by atoms with E-state index in [1.165, 1.54) is 7.11 Å². The number of ether oxygens (including phenoxy) is 3. The fourth-order valence-corrected chi connectivity index (χ4v) is 2.54. The van der Waals surface area contributed by atoms with E-state index >= 15 is 0 Å². The van der Waals surface area contributed by atoms with E-state index < -0.39 is 35.5 Å². The van der Waals surface area contributed by atoms with E-state index in [2.05, 4.69) is 14.4 Å². The molecule has 0 aromatic heterocycles. The van der Waals surface area contributed by atoms with Crippen molar-refractivity contribution in [3.8, 4) is 5.75 Å². The lowest BCUT2D eigenvalue weighted by atomic mass is 10.1. The van der Waals surface area contributed by atoms with Crippen molar-refractivity contribution in [2.75, 3.05) is 20.3 Å². The van der Waals surface area contributed by atoms with Crippen molar-refractivity contribution < 1.29 is 43.6 Å². The van der Waals surface area contributed by atoms with E-state index in [-0.39, 0.29) is 5.57 Å². The van der Waals surface area contributed by atoms with Crippen LogP contribution in [0, 0.1) is 20.2 Å². The minimum atomic E-state index is -1.41. The Hall–Kier alpha value is -4.27. The summed E-state index contributed by atoms with van der Waals surface area (Å²) in [5.74, 6) is 0.0420. The van der Waals surface area contributed by atoms with Gasteiger partial charge in [0.1, 0.15) is 29.7 Å². The zero-order valence-corrected chi connectivity index (χ0v) is 18.6. The third kappa shape index (κ3) is 10.4. The molecule has 0 heterocycles. The van der Waals surface area contributed by atoms with Gasteiger partial charge in [0.2, 0.25) is 0 Å². The highest BCUT2D eigenvalue weighted by molar-refractivity contribution is 7.80. The second-order valence-corrected chi connectivity index (χ2v) is 6.58. The second kappa shape index (κ2) is 14.7. The van der Waals surface area contributed by atoms with Crippen LogP contribution >= 0.6 is 12.2 Å². The molecule has 1 aromatic carbocycles. The average molecular weight is 499 g/mol. The van der Waals surface area contributed by atoms with Crippen LogP contribution < -0.4 is 10.5 Å². The first-order valence-electron chi connectivity index (χ1n) is 9.38. The van der Waals surface area contributed by atoms with Gasteiger partial charge < -0.3 is 29.6 Å². The number of hydrogen-bond donors (Lipinski definition) is 1. The van der Waals surface area contributed by atoms with Crippen LogP contribution in [0.2, 0.25) is 0 Å². The van der Waals surface area contributed by atoms with Crippen molar-refractivity contribution in [1.82, 2.24) is 0 Å². The lowest BCUT2D eigenvalue weighted by Gasteiger charge is -2.17. The van der Waals surface area contributed by atoms with Crippen LogP contribution in [0.4, 0.5) is 0 Å². The number of nitrogens with zero attached hydrogens (tertiary/aromatic N) is 2. The molecule has 0 spiro atoms. The Bertz CT molecular complexity index is 947. The zero-order valence-electron chi connectivity index (χ0n) is 17.8. The van der Waals surface area contributed by atoms with Crippen LogP contribution in [0.1, 0.15) is 18.4 Å². The van der Waals surface area contributed by atoms with Crippen LogP contribution in [0.5, 0.6) is 5.75 Å². The number of benzene rings is 1. The Kier molecular flexibility index (Phi) is 12.0. The zero-order chi connectivity index (χ0) is 25.5. The third-order valence-corrected chi connectivity index (χ3v) is 4.11. The molecule has 184 valence electrons. The normalized spacial score (nSPS) is 12.9. The van der Waals surface area contributed by atoms with Crippen LogP contribution in [0.15, 0.2) is 47.7 Å². The molecule has 34 heavy (non-hydrogen) atoms. The van der Waals surface area contributed by atoms with Gasteiger partial charge >= 0.3 is 5.97 Å². The van der Waals surface area contributed by atoms with Gasteiger partial charge in [-0.1, -0.05) is 18.3 Å². The maximum Gasteiger partial charge on any atom is 0.341 e. The summed E-state index contributed by atoms with van der Waals surface area (Å²) in [4.78, 5) is 50.6. The summed E-state index contributed by atoms with van der Waals surface area (Å²) in [5, 5.41) is 18.1. The summed E-state index contributed by atoms with van der Waals surface area (Å²) in [5.41, 5.74) is 6.30. The molecule has 2 N–H and O–H groups in total. The number of hydrogen-bond acceptors (Lipinski definition) is 12. The molecule has 1 atom stereocenters. The maximum absolute atomic E-state index is 11.9. The van der Waals surface area contributed by atoms with Crippen LogP contribution in [-0.2, 0) is 28.7 Å². The number of methoxy groups -OCH3 is 1. The maximum atomic E-state index is 11.9. The van der Waals surface area contributed by atoms with Gasteiger partial charge in [-0.15, -0.1) is 20.2 Å². The molecule has 0 aliphatic heterocycles. The topological polar surface area (TPSA) is 193 Å². The number of carbonyl (C=O) groups is 2. The first-order valence-corrected chi connectivity index (χ1v) is 9.79. The summed E-state index contributed by atoms with van der Waals surface area (Å²) in [6.07, 6.45) is 3.24. The quantitative estimate of drug-likeness (QED) is 0.143. The number of nitrogens with two attached hydrogens (primary N) is 1. The average Bonchev–Trinajstić information content (AvgIpc) is 2.81. The van der Waals surface area contributed by atoms with Crippen LogP contribution in [-0.4, -0.2) is 54.0 Å². The number of thiocarbonyl (C=S) groups is 1. The van der Waals surface area contributed by atoms with Gasteiger partial charge in [-0.3, -0.25) is 4.79 Å². The summed E-state index contributed by atoms with van der Waals surface area (Å²) in [7, 11) is 1.39. The number of carbonyl (C=O) groups excluding carboxylic acids is 2.